The largest absolute Gasteiger partial charge is 0.507 e. The maximum Gasteiger partial charge on any atom is 0.273 e. The number of hydrogen-bond acceptors (Lipinski definition) is 4. The lowest BCUT2D eigenvalue weighted by atomic mass is 9.93. The minimum Gasteiger partial charge on any atom is -0.507 e. The van der Waals surface area contributed by atoms with Gasteiger partial charge in [0.25, 0.3) is 5.91 Å². The number of amides is 1. The minimum absolute atomic E-state index is 0.119. The Hall–Kier alpha value is -4.13. The molecule has 5 rings (SSSR count). The molecule has 3 aromatic carbocycles. The van der Waals surface area contributed by atoms with Gasteiger partial charge in [0.15, 0.2) is 0 Å². The number of nitrogens with zero attached hydrogens (tertiary/aromatic N) is 2. The first-order valence-corrected chi connectivity index (χ1v) is 13.0. The maximum atomic E-state index is 13.7. The first-order valence-electron chi connectivity index (χ1n) is 13.0. The van der Waals surface area contributed by atoms with Crippen LogP contribution in [-0.2, 0) is 6.54 Å². The zero-order valence-electron chi connectivity index (χ0n) is 21.9. The predicted octanol–water partition coefficient (Wildman–Crippen LogP) is 6.85. The topological polar surface area (TPSA) is 78.5 Å². The zero-order chi connectivity index (χ0) is 26.8. The third-order valence-electron chi connectivity index (χ3n) is 7.02. The second kappa shape index (κ2) is 10.7. The highest BCUT2D eigenvalue weighted by Gasteiger charge is 2.43. The molecule has 6 nitrogen and oxygen atoms in total. The number of unbranched alkanes of at least 4 members (excludes halogenated alkanes) is 2. The third kappa shape index (κ3) is 4.88. The molecule has 0 radical (unpaired) electrons. The summed E-state index contributed by atoms with van der Waals surface area (Å²) in [5.41, 5.74) is 5.74. The molecule has 1 atom stereocenters. The van der Waals surface area contributed by atoms with Gasteiger partial charge in [0.05, 0.1) is 12.6 Å². The number of ether oxygens (including phenoxy) is 1. The minimum atomic E-state index is -0.476. The van der Waals surface area contributed by atoms with E-state index in [1.807, 2.05) is 44.2 Å². The fourth-order valence-corrected chi connectivity index (χ4v) is 5.25. The van der Waals surface area contributed by atoms with Crippen LogP contribution in [0.1, 0.15) is 70.5 Å². The lowest BCUT2D eigenvalue weighted by Crippen LogP contribution is -2.29. The van der Waals surface area contributed by atoms with E-state index in [2.05, 4.69) is 17.1 Å². The Morgan fingerprint density at radius 2 is 1.87 bits per heavy atom. The number of nitrogens with one attached hydrogen (secondary N) is 1. The Morgan fingerprint density at radius 1 is 1.08 bits per heavy atom. The molecule has 0 aliphatic carbocycles. The van der Waals surface area contributed by atoms with Gasteiger partial charge < -0.3 is 14.7 Å². The van der Waals surface area contributed by atoms with E-state index in [1.165, 1.54) is 12.1 Å². The molecular weight excluding hydrogens is 481 g/mol. The number of rotatable bonds is 9. The van der Waals surface area contributed by atoms with Gasteiger partial charge in [0, 0.05) is 17.7 Å². The van der Waals surface area contributed by atoms with Gasteiger partial charge in [-0.25, -0.2) is 4.39 Å². The molecule has 196 valence electrons. The quantitative estimate of drug-likeness (QED) is 0.240. The molecule has 1 aliphatic rings. The summed E-state index contributed by atoms with van der Waals surface area (Å²) < 4.78 is 19.6. The van der Waals surface area contributed by atoms with Crippen LogP contribution in [0.4, 0.5) is 4.39 Å². The van der Waals surface area contributed by atoms with E-state index >= 15 is 0 Å². The second-order valence-electron chi connectivity index (χ2n) is 9.93. The SMILES string of the molecule is CCCCCOc1cccc(C2c3c(-c4c(C)cc(C)cc4O)n[nH]c3C(=O)N2Cc2ccc(F)cc2)c1. The molecule has 1 aliphatic heterocycles. The molecule has 1 aromatic heterocycles. The van der Waals surface area contributed by atoms with Crippen LogP contribution in [0.5, 0.6) is 11.5 Å². The molecule has 38 heavy (non-hydrogen) atoms. The van der Waals surface area contributed by atoms with E-state index in [4.69, 9.17) is 4.74 Å². The first-order chi connectivity index (χ1) is 18.4. The number of aromatic amines is 1. The molecule has 4 aromatic rings. The highest BCUT2D eigenvalue weighted by Crippen LogP contribution is 2.46. The van der Waals surface area contributed by atoms with Crippen LogP contribution >= 0.6 is 0 Å². The number of halogens is 1. The molecule has 0 bridgehead atoms. The average molecular weight is 514 g/mol. The van der Waals surface area contributed by atoms with Crippen molar-refractivity contribution in [2.75, 3.05) is 6.61 Å². The fraction of sp³-hybridized carbons (Fsp3) is 0.290. The summed E-state index contributed by atoms with van der Waals surface area (Å²) in [6.07, 6.45) is 3.19. The van der Waals surface area contributed by atoms with Gasteiger partial charge in [-0.3, -0.25) is 9.89 Å². The molecule has 1 amide bonds. The van der Waals surface area contributed by atoms with Gasteiger partial charge in [-0.15, -0.1) is 0 Å². The number of carbonyl (C=O) groups excluding carboxylic acids is 1. The zero-order valence-corrected chi connectivity index (χ0v) is 21.9. The van der Waals surface area contributed by atoms with Crippen LogP contribution < -0.4 is 4.74 Å². The maximum absolute atomic E-state index is 13.7. The van der Waals surface area contributed by atoms with Gasteiger partial charge >= 0.3 is 0 Å². The number of aromatic nitrogens is 2. The van der Waals surface area contributed by atoms with Crippen LogP contribution in [0.15, 0.2) is 60.7 Å². The van der Waals surface area contributed by atoms with Gasteiger partial charge in [-0.1, -0.05) is 50.1 Å². The summed E-state index contributed by atoms with van der Waals surface area (Å²) >= 11 is 0. The molecule has 0 spiro atoms. The van der Waals surface area contributed by atoms with E-state index in [0.717, 1.165) is 47.3 Å². The van der Waals surface area contributed by atoms with Crippen molar-refractivity contribution in [1.82, 2.24) is 15.1 Å². The van der Waals surface area contributed by atoms with Gasteiger partial charge in [-0.2, -0.15) is 5.10 Å². The molecule has 2 heterocycles. The lowest BCUT2D eigenvalue weighted by molar-refractivity contribution is 0.0730. The Bertz CT molecular complexity index is 1440. The summed E-state index contributed by atoms with van der Waals surface area (Å²) in [5, 5.41) is 18.4. The van der Waals surface area contributed by atoms with Crippen molar-refractivity contribution >= 4 is 5.91 Å². The second-order valence-corrected chi connectivity index (χ2v) is 9.93. The van der Waals surface area contributed by atoms with Gasteiger partial charge in [0.1, 0.15) is 28.7 Å². The van der Waals surface area contributed by atoms with Crippen LogP contribution in [0, 0.1) is 19.7 Å². The fourth-order valence-electron chi connectivity index (χ4n) is 5.25. The normalized spacial score (nSPS) is 14.7. The lowest BCUT2D eigenvalue weighted by Gasteiger charge is -2.27. The smallest absolute Gasteiger partial charge is 0.273 e. The third-order valence-corrected chi connectivity index (χ3v) is 7.02. The van der Waals surface area contributed by atoms with Crippen LogP contribution in [0.2, 0.25) is 0 Å². The van der Waals surface area contributed by atoms with Crippen molar-refractivity contribution in [1.29, 1.82) is 0 Å². The Labute approximate surface area is 222 Å². The molecule has 0 fully saturated rings. The van der Waals surface area contributed by atoms with Crippen molar-refractivity contribution in [2.24, 2.45) is 0 Å². The molecule has 0 saturated heterocycles. The highest BCUT2D eigenvalue weighted by atomic mass is 19.1. The molecule has 2 N–H and O–H groups in total. The summed E-state index contributed by atoms with van der Waals surface area (Å²) in [5.74, 6) is 0.327. The van der Waals surface area contributed by atoms with E-state index < -0.39 is 6.04 Å². The van der Waals surface area contributed by atoms with Crippen molar-refractivity contribution in [3.05, 3.63) is 100.0 Å². The molecule has 1 unspecified atom stereocenters. The van der Waals surface area contributed by atoms with Crippen molar-refractivity contribution < 1.29 is 19.0 Å². The number of aromatic hydroxyl groups is 1. The number of phenols is 1. The van der Waals surface area contributed by atoms with Crippen molar-refractivity contribution in [3.63, 3.8) is 0 Å². The van der Waals surface area contributed by atoms with E-state index in [1.54, 1.807) is 23.1 Å². The number of aryl methyl sites for hydroxylation is 2. The summed E-state index contributed by atoms with van der Waals surface area (Å²) in [6, 6.07) is 17.2. The number of carbonyl (C=O) groups is 1. The van der Waals surface area contributed by atoms with Crippen LogP contribution in [0.25, 0.3) is 11.3 Å². The summed E-state index contributed by atoms with van der Waals surface area (Å²) in [7, 11) is 0. The van der Waals surface area contributed by atoms with Gasteiger partial charge in [-0.05, 0) is 72.9 Å². The van der Waals surface area contributed by atoms with Crippen LogP contribution in [0.3, 0.4) is 0 Å². The Balaban J connectivity index is 1.60. The van der Waals surface area contributed by atoms with Gasteiger partial charge in [0.2, 0.25) is 0 Å². The standard InChI is InChI=1S/C31H32FN3O3/c1-4-5-6-14-38-24-9-7-8-22(17-24)30-27-28(26-20(3)15-19(2)16-25(26)36)33-34-29(27)31(37)35(30)18-21-10-12-23(32)13-11-21/h7-13,15-17,30,36H,4-6,14,18H2,1-3H3,(H,33,34). The predicted molar refractivity (Wildman–Crippen MR) is 145 cm³/mol. The molecular formula is C31H32FN3O3. The Morgan fingerprint density at radius 3 is 2.61 bits per heavy atom. The number of phenolic OH excluding ortho intramolecular Hbond substituents is 1. The average Bonchev–Trinajstić information content (AvgIpc) is 3.42. The number of hydrogen-bond donors (Lipinski definition) is 2. The monoisotopic (exact) mass is 513 g/mol. The molecule has 7 heteroatoms. The Kier molecular flexibility index (Phi) is 7.18. The first kappa shape index (κ1) is 25.5. The van der Waals surface area contributed by atoms with E-state index in [9.17, 15) is 14.3 Å². The van der Waals surface area contributed by atoms with Crippen molar-refractivity contribution in [3.8, 4) is 22.8 Å². The highest BCUT2D eigenvalue weighted by molar-refractivity contribution is 6.00. The number of fused-ring (bicyclic) bond motifs is 1. The van der Waals surface area contributed by atoms with Crippen LogP contribution in [-0.4, -0.2) is 32.7 Å². The molecule has 0 saturated carbocycles. The van der Waals surface area contributed by atoms with Crippen molar-refractivity contribution in [2.45, 2.75) is 52.6 Å². The summed E-state index contributed by atoms with van der Waals surface area (Å²) in [6.45, 7) is 6.91. The van der Waals surface area contributed by atoms with E-state index in [-0.39, 0.29) is 24.0 Å². The van der Waals surface area contributed by atoms with E-state index in [0.29, 0.717) is 29.1 Å². The number of benzene rings is 3. The summed E-state index contributed by atoms with van der Waals surface area (Å²) in [4.78, 5) is 15.5. The number of H-pyrrole nitrogens is 1.